The number of aromatic hydroxyl groups is 1. The minimum Gasteiger partial charge on any atom is -0.504 e. The second kappa shape index (κ2) is 9.84. The van der Waals surface area contributed by atoms with Crippen molar-refractivity contribution in [2.24, 2.45) is 5.73 Å². The Morgan fingerprint density at radius 2 is 2.05 bits per heavy atom. The summed E-state index contributed by atoms with van der Waals surface area (Å²) in [5.41, 5.74) is 5.55. The van der Waals surface area contributed by atoms with E-state index in [4.69, 9.17) is 21.0 Å². The standard InChI is InChI=1S/C11H7IN2O2.C3H7N/c1-16-10-4-7(2-8(5-13)6-14)3-9(12)11(10)15;1-2-3-4/h2-4,15H,1H3;2H,1,3-4H2. The molecule has 0 fully saturated rings. The summed E-state index contributed by atoms with van der Waals surface area (Å²) in [4.78, 5) is 0. The normalized spacial score (nSPS) is 8.25. The zero-order valence-electron chi connectivity index (χ0n) is 10.9. The fourth-order valence-corrected chi connectivity index (χ4v) is 1.71. The quantitative estimate of drug-likeness (QED) is 0.475. The fourth-order valence-electron chi connectivity index (χ4n) is 1.09. The van der Waals surface area contributed by atoms with Gasteiger partial charge in [0.2, 0.25) is 0 Å². The smallest absolute Gasteiger partial charge is 0.171 e. The van der Waals surface area contributed by atoms with Crippen LogP contribution in [0.2, 0.25) is 0 Å². The number of allylic oxidation sites excluding steroid dienone is 1. The van der Waals surface area contributed by atoms with E-state index in [0.717, 1.165) is 0 Å². The van der Waals surface area contributed by atoms with E-state index in [-0.39, 0.29) is 11.3 Å². The van der Waals surface area contributed by atoms with Gasteiger partial charge in [0.1, 0.15) is 17.7 Å². The number of nitriles is 2. The molecule has 1 rings (SSSR count). The van der Waals surface area contributed by atoms with Crippen LogP contribution in [0.1, 0.15) is 5.56 Å². The zero-order valence-corrected chi connectivity index (χ0v) is 13.1. The van der Waals surface area contributed by atoms with Gasteiger partial charge in [-0.2, -0.15) is 10.5 Å². The maximum absolute atomic E-state index is 9.59. The van der Waals surface area contributed by atoms with E-state index >= 15 is 0 Å². The van der Waals surface area contributed by atoms with Crippen LogP contribution in [0.3, 0.4) is 0 Å². The molecule has 0 bridgehead atoms. The van der Waals surface area contributed by atoms with Gasteiger partial charge in [0.15, 0.2) is 11.5 Å². The van der Waals surface area contributed by atoms with Crippen LogP contribution in [0.15, 0.2) is 30.4 Å². The summed E-state index contributed by atoms with van der Waals surface area (Å²) in [7, 11) is 1.44. The van der Waals surface area contributed by atoms with Crippen molar-refractivity contribution in [1.29, 1.82) is 10.5 Å². The summed E-state index contributed by atoms with van der Waals surface area (Å²) < 4.78 is 5.56. The maximum Gasteiger partial charge on any atom is 0.171 e. The summed E-state index contributed by atoms with van der Waals surface area (Å²) in [6.45, 7) is 3.94. The molecule has 0 aliphatic heterocycles. The number of ether oxygens (including phenoxy) is 1. The Labute approximate surface area is 131 Å². The zero-order chi connectivity index (χ0) is 15.5. The lowest BCUT2D eigenvalue weighted by Gasteiger charge is -2.06. The molecule has 0 atom stereocenters. The number of hydrogen-bond acceptors (Lipinski definition) is 5. The Morgan fingerprint density at radius 3 is 2.45 bits per heavy atom. The average molecular weight is 383 g/mol. The topological polar surface area (TPSA) is 103 Å². The molecule has 1 aromatic rings. The van der Waals surface area contributed by atoms with Gasteiger partial charge in [0, 0.05) is 6.54 Å². The Balaban J connectivity index is 0.000000796. The van der Waals surface area contributed by atoms with Gasteiger partial charge in [-0.25, -0.2) is 0 Å². The van der Waals surface area contributed by atoms with E-state index in [1.54, 1.807) is 30.3 Å². The highest BCUT2D eigenvalue weighted by atomic mass is 127. The molecule has 0 heterocycles. The number of rotatable bonds is 3. The number of phenols is 1. The van der Waals surface area contributed by atoms with Crippen molar-refractivity contribution in [2.45, 2.75) is 0 Å². The average Bonchev–Trinajstić information content (AvgIpc) is 2.48. The Hall–Kier alpha value is -2.03. The number of phenolic OH excluding ortho intramolecular Hbond substituents is 1. The molecule has 0 saturated carbocycles. The third-order valence-electron chi connectivity index (χ3n) is 1.99. The first-order chi connectivity index (χ1) is 9.53. The lowest BCUT2D eigenvalue weighted by atomic mass is 10.1. The van der Waals surface area contributed by atoms with E-state index < -0.39 is 0 Å². The molecule has 0 unspecified atom stereocenters. The summed E-state index contributed by atoms with van der Waals surface area (Å²) in [5.74, 6) is 0.365. The maximum atomic E-state index is 9.59. The fraction of sp³-hybridized carbons (Fsp3) is 0.143. The van der Waals surface area contributed by atoms with Gasteiger partial charge in [-0.1, -0.05) is 6.08 Å². The second-order valence-corrected chi connectivity index (χ2v) is 4.52. The molecule has 0 aliphatic rings. The van der Waals surface area contributed by atoms with Crippen molar-refractivity contribution >= 4 is 28.7 Å². The van der Waals surface area contributed by atoms with Crippen LogP contribution in [0.5, 0.6) is 11.5 Å². The number of benzene rings is 1. The van der Waals surface area contributed by atoms with Gasteiger partial charge in [0.25, 0.3) is 0 Å². The van der Waals surface area contributed by atoms with Crippen LogP contribution < -0.4 is 10.5 Å². The number of hydrogen-bond donors (Lipinski definition) is 2. The number of nitrogens with zero attached hydrogens (tertiary/aromatic N) is 2. The number of methoxy groups -OCH3 is 1. The second-order valence-electron chi connectivity index (χ2n) is 3.36. The highest BCUT2D eigenvalue weighted by molar-refractivity contribution is 14.1. The minimum atomic E-state index is 0.00328. The van der Waals surface area contributed by atoms with E-state index in [2.05, 4.69) is 6.58 Å². The molecule has 0 aliphatic carbocycles. The molecule has 1 aromatic carbocycles. The summed E-state index contributed by atoms with van der Waals surface area (Å²) in [6, 6.07) is 6.75. The van der Waals surface area contributed by atoms with Crippen molar-refractivity contribution in [1.82, 2.24) is 0 Å². The van der Waals surface area contributed by atoms with Crippen LogP contribution >= 0.6 is 22.6 Å². The third kappa shape index (κ3) is 5.74. The largest absolute Gasteiger partial charge is 0.504 e. The van der Waals surface area contributed by atoms with Crippen molar-refractivity contribution in [3.05, 3.63) is 39.5 Å². The van der Waals surface area contributed by atoms with Gasteiger partial charge in [0.05, 0.1) is 10.7 Å². The van der Waals surface area contributed by atoms with E-state index in [0.29, 0.717) is 21.4 Å². The molecular formula is C14H14IN3O2. The first kappa shape index (κ1) is 18.0. The molecule has 0 radical (unpaired) electrons. The van der Waals surface area contributed by atoms with E-state index in [1.807, 2.05) is 22.6 Å². The molecule has 20 heavy (non-hydrogen) atoms. The Kier molecular flexibility index (Phi) is 8.84. The molecule has 5 nitrogen and oxygen atoms in total. The van der Waals surface area contributed by atoms with Crippen LogP contribution in [-0.4, -0.2) is 18.8 Å². The van der Waals surface area contributed by atoms with Gasteiger partial charge in [-0.3, -0.25) is 0 Å². The molecule has 3 N–H and O–H groups in total. The Bertz CT molecular complexity index is 567. The summed E-state index contributed by atoms with van der Waals surface area (Å²) >= 11 is 1.94. The molecule has 0 saturated heterocycles. The van der Waals surface area contributed by atoms with E-state index in [1.165, 1.54) is 13.2 Å². The van der Waals surface area contributed by atoms with Crippen LogP contribution in [0.25, 0.3) is 6.08 Å². The van der Waals surface area contributed by atoms with Gasteiger partial charge < -0.3 is 15.6 Å². The monoisotopic (exact) mass is 383 g/mol. The van der Waals surface area contributed by atoms with Crippen LogP contribution in [-0.2, 0) is 0 Å². The SMILES string of the molecule is C=CCN.COc1cc(C=C(C#N)C#N)cc(I)c1O. The molecule has 0 spiro atoms. The third-order valence-corrected chi connectivity index (χ3v) is 2.81. The van der Waals surface area contributed by atoms with Crippen molar-refractivity contribution in [2.75, 3.05) is 13.7 Å². The molecule has 0 amide bonds. The number of halogens is 1. The highest BCUT2D eigenvalue weighted by Gasteiger charge is 2.07. The predicted molar refractivity (Wildman–Crippen MR) is 85.8 cm³/mol. The molecule has 6 heteroatoms. The molecule has 104 valence electrons. The van der Waals surface area contributed by atoms with Gasteiger partial charge >= 0.3 is 0 Å². The highest BCUT2D eigenvalue weighted by Crippen LogP contribution is 2.32. The minimum absolute atomic E-state index is 0.00328. The van der Waals surface area contributed by atoms with Crippen molar-refractivity contribution < 1.29 is 9.84 Å². The van der Waals surface area contributed by atoms with E-state index in [9.17, 15) is 5.11 Å². The Morgan fingerprint density at radius 1 is 1.50 bits per heavy atom. The molecular weight excluding hydrogens is 369 g/mol. The van der Waals surface area contributed by atoms with Crippen LogP contribution in [0, 0.1) is 26.2 Å². The lowest BCUT2D eigenvalue weighted by Crippen LogP contribution is -1.90. The first-order valence-corrected chi connectivity index (χ1v) is 6.51. The first-order valence-electron chi connectivity index (χ1n) is 5.43. The van der Waals surface area contributed by atoms with Crippen molar-refractivity contribution in [3.8, 4) is 23.6 Å². The van der Waals surface area contributed by atoms with Gasteiger partial charge in [-0.15, -0.1) is 6.58 Å². The number of nitrogens with two attached hydrogens (primary N) is 1. The summed E-state index contributed by atoms with van der Waals surface area (Å²) in [5, 5.41) is 26.8. The van der Waals surface area contributed by atoms with Gasteiger partial charge in [-0.05, 0) is 46.4 Å². The summed E-state index contributed by atoms with van der Waals surface area (Å²) in [6.07, 6.45) is 3.09. The molecule has 0 aromatic heterocycles. The lowest BCUT2D eigenvalue weighted by molar-refractivity contribution is 0.371. The van der Waals surface area contributed by atoms with Crippen LogP contribution in [0.4, 0.5) is 0 Å². The van der Waals surface area contributed by atoms with Crippen molar-refractivity contribution in [3.63, 3.8) is 0 Å². The predicted octanol–water partition coefficient (Wildman–Crippen LogP) is 2.57.